The van der Waals surface area contributed by atoms with Gasteiger partial charge in [-0.3, -0.25) is 0 Å². The summed E-state index contributed by atoms with van der Waals surface area (Å²) >= 11 is 0. The Morgan fingerprint density at radius 3 is 2.62 bits per heavy atom. The first kappa shape index (κ1) is 20.3. The van der Waals surface area contributed by atoms with E-state index < -0.39 is 0 Å². The molecule has 2 aliphatic heterocycles. The molecule has 0 radical (unpaired) electrons. The minimum absolute atomic E-state index is 0.0631. The lowest BCUT2D eigenvalue weighted by atomic mass is 9.92. The molecule has 1 saturated carbocycles. The van der Waals surface area contributed by atoms with Crippen LogP contribution >= 0.6 is 0 Å². The van der Waals surface area contributed by atoms with Crippen LogP contribution in [0.2, 0.25) is 0 Å². The van der Waals surface area contributed by atoms with E-state index in [2.05, 4.69) is 11.8 Å². The zero-order valence-electron chi connectivity index (χ0n) is 17.8. The highest BCUT2D eigenvalue weighted by Crippen LogP contribution is 2.33. The fourth-order valence-corrected chi connectivity index (χ4v) is 4.99. The maximum atomic E-state index is 12.8. The Hall–Kier alpha value is -1.95. The van der Waals surface area contributed by atoms with Gasteiger partial charge in [-0.25, -0.2) is 4.79 Å². The van der Waals surface area contributed by atoms with Crippen LogP contribution in [0, 0.1) is 0 Å². The molecule has 1 unspecified atom stereocenters. The quantitative estimate of drug-likeness (QED) is 0.713. The summed E-state index contributed by atoms with van der Waals surface area (Å²) in [5.74, 6) is 1.58. The smallest absolute Gasteiger partial charge is 0.410 e. The van der Waals surface area contributed by atoms with Crippen LogP contribution in [0.5, 0.6) is 11.5 Å². The summed E-state index contributed by atoms with van der Waals surface area (Å²) in [5, 5.41) is 0. The average molecular weight is 403 g/mol. The number of amides is 1. The molecule has 1 atom stereocenters. The molecule has 0 bridgehead atoms. The number of fused-ring (bicyclic) bond motifs is 1. The SMILES string of the molecule is CCN(C(=O)OC1CCC(N2CCCC2)CC1)C(C)Cc1ccc2c(c1)OCO2. The summed E-state index contributed by atoms with van der Waals surface area (Å²) in [6, 6.07) is 6.76. The third kappa shape index (κ3) is 4.80. The van der Waals surface area contributed by atoms with Gasteiger partial charge < -0.3 is 24.0 Å². The lowest BCUT2D eigenvalue weighted by Crippen LogP contribution is -2.43. The average Bonchev–Trinajstić information content (AvgIpc) is 3.41. The van der Waals surface area contributed by atoms with E-state index in [9.17, 15) is 4.79 Å². The Labute approximate surface area is 174 Å². The molecule has 1 amide bonds. The van der Waals surface area contributed by atoms with Crippen LogP contribution in [0.15, 0.2) is 18.2 Å². The maximum Gasteiger partial charge on any atom is 0.410 e. The zero-order chi connectivity index (χ0) is 20.2. The first-order valence-electron chi connectivity index (χ1n) is 11.2. The monoisotopic (exact) mass is 402 g/mol. The van der Waals surface area contributed by atoms with Gasteiger partial charge in [-0.15, -0.1) is 0 Å². The van der Waals surface area contributed by atoms with Crippen LogP contribution in [0.1, 0.15) is 57.9 Å². The molecule has 6 nitrogen and oxygen atoms in total. The molecule has 0 N–H and O–H groups in total. The van der Waals surface area contributed by atoms with Crippen LogP contribution in [0.3, 0.4) is 0 Å². The van der Waals surface area contributed by atoms with Gasteiger partial charge in [-0.05, 0) is 89.6 Å². The number of benzene rings is 1. The highest BCUT2D eigenvalue weighted by atomic mass is 16.7. The van der Waals surface area contributed by atoms with E-state index in [-0.39, 0.29) is 25.0 Å². The molecule has 0 aromatic heterocycles. The zero-order valence-corrected chi connectivity index (χ0v) is 17.8. The number of ether oxygens (including phenoxy) is 3. The summed E-state index contributed by atoms with van der Waals surface area (Å²) in [6.07, 6.45) is 7.60. The lowest BCUT2D eigenvalue weighted by Gasteiger charge is -2.35. The molecule has 1 saturated heterocycles. The van der Waals surface area contributed by atoms with Gasteiger partial charge in [0, 0.05) is 18.6 Å². The number of hydrogen-bond donors (Lipinski definition) is 0. The van der Waals surface area contributed by atoms with Crippen molar-refractivity contribution in [1.82, 2.24) is 9.80 Å². The molecule has 4 rings (SSSR count). The molecule has 2 fully saturated rings. The van der Waals surface area contributed by atoms with Crippen LogP contribution < -0.4 is 9.47 Å². The summed E-state index contributed by atoms with van der Waals surface area (Å²) in [4.78, 5) is 17.3. The van der Waals surface area contributed by atoms with Crippen molar-refractivity contribution < 1.29 is 19.0 Å². The Morgan fingerprint density at radius 1 is 1.17 bits per heavy atom. The van der Waals surface area contributed by atoms with Crippen molar-refractivity contribution in [3.63, 3.8) is 0 Å². The molecule has 1 aromatic rings. The number of carbonyl (C=O) groups excluding carboxylic acids is 1. The predicted molar refractivity (Wildman–Crippen MR) is 111 cm³/mol. The largest absolute Gasteiger partial charge is 0.454 e. The van der Waals surface area contributed by atoms with E-state index in [0.717, 1.165) is 49.2 Å². The van der Waals surface area contributed by atoms with Crippen LogP contribution in [0.4, 0.5) is 4.79 Å². The second-order valence-corrected chi connectivity index (χ2v) is 8.58. The van der Waals surface area contributed by atoms with Crippen molar-refractivity contribution >= 4 is 6.09 Å². The van der Waals surface area contributed by atoms with E-state index in [1.54, 1.807) is 0 Å². The van der Waals surface area contributed by atoms with Crippen molar-refractivity contribution in [2.24, 2.45) is 0 Å². The van der Waals surface area contributed by atoms with Crippen LogP contribution in [-0.2, 0) is 11.2 Å². The number of hydrogen-bond acceptors (Lipinski definition) is 5. The van der Waals surface area contributed by atoms with Crippen LogP contribution in [0.25, 0.3) is 0 Å². The Kier molecular flexibility index (Phi) is 6.48. The summed E-state index contributed by atoms with van der Waals surface area (Å²) < 4.78 is 16.8. The van der Waals surface area contributed by atoms with E-state index in [0.29, 0.717) is 12.6 Å². The van der Waals surface area contributed by atoms with Gasteiger partial charge in [0.1, 0.15) is 6.10 Å². The molecule has 160 valence electrons. The van der Waals surface area contributed by atoms with E-state index in [1.165, 1.54) is 25.9 Å². The topological polar surface area (TPSA) is 51.2 Å². The molecule has 6 heteroatoms. The lowest BCUT2D eigenvalue weighted by molar-refractivity contribution is 0.0250. The number of rotatable bonds is 6. The fourth-order valence-electron chi connectivity index (χ4n) is 4.99. The number of likely N-dealkylation sites (tertiary alicyclic amines) is 1. The molecule has 3 aliphatic rings. The third-order valence-electron chi connectivity index (χ3n) is 6.64. The summed E-state index contributed by atoms with van der Waals surface area (Å²) in [5.41, 5.74) is 1.14. The molecule has 1 aromatic carbocycles. The minimum atomic E-state index is -0.176. The number of likely N-dealkylation sites (N-methyl/N-ethyl adjacent to an activating group) is 1. The first-order chi connectivity index (χ1) is 14.1. The standard InChI is InChI=1S/C23H34N2O4/c1-3-25(17(2)14-18-6-11-21-22(15-18)28-16-27-21)23(26)29-20-9-7-19(8-10-20)24-12-4-5-13-24/h6,11,15,17,19-20H,3-5,7-10,12-14,16H2,1-2H3. The summed E-state index contributed by atoms with van der Waals surface area (Å²) in [6.45, 7) is 7.52. The maximum absolute atomic E-state index is 12.8. The van der Waals surface area contributed by atoms with Gasteiger partial charge in [0.15, 0.2) is 11.5 Å². The van der Waals surface area contributed by atoms with Crippen molar-refractivity contribution in [3.05, 3.63) is 23.8 Å². The van der Waals surface area contributed by atoms with Crippen molar-refractivity contribution in [2.75, 3.05) is 26.4 Å². The van der Waals surface area contributed by atoms with Gasteiger partial charge >= 0.3 is 6.09 Å². The number of carbonyl (C=O) groups is 1. The Balaban J connectivity index is 1.27. The molecule has 2 heterocycles. The van der Waals surface area contributed by atoms with Gasteiger partial charge in [-0.1, -0.05) is 6.07 Å². The summed E-state index contributed by atoms with van der Waals surface area (Å²) in [7, 11) is 0. The highest BCUT2D eigenvalue weighted by molar-refractivity contribution is 5.68. The van der Waals surface area contributed by atoms with Crippen molar-refractivity contribution in [1.29, 1.82) is 0 Å². The van der Waals surface area contributed by atoms with Crippen LogP contribution in [-0.4, -0.2) is 60.5 Å². The Bertz CT molecular complexity index is 696. The van der Waals surface area contributed by atoms with Crippen molar-refractivity contribution in [2.45, 2.75) is 77.0 Å². The van der Waals surface area contributed by atoms with Gasteiger partial charge in [0.05, 0.1) is 0 Å². The molecule has 1 aliphatic carbocycles. The normalized spacial score (nSPS) is 25.0. The first-order valence-corrected chi connectivity index (χ1v) is 11.2. The Morgan fingerprint density at radius 2 is 1.90 bits per heavy atom. The van der Waals surface area contributed by atoms with Crippen molar-refractivity contribution in [3.8, 4) is 11.5 Å². The fraction of sp³-hybridized carbons (Fsp3) is 0.696. The predicted octanol–water partition coefficient (Wildman–Crippen LogP) is 4.21. The van der Waals surface area contributed by atoms with Gasteiger partial charge in [0.25, 0.3) is 0 Å². The van der Waals surface area contributed by atoms with E-state index in [1.807, 2.05) is 30.0 Å². The second-order valence-electron chi connectivity index (χ2n) is 8.58. The molecule has 0 spiro atoms. The minimum Gasteiger partial charge on any atom is -0.454 e. The van der Waals surface area contributed by atoms with E-state index in [4.69, 9.17) is 14.2 Å². The molecule has 29 heavy (non-hydrogen) atoms. The van der Waals surface area contributed by atoms with E-state index >= 15 is 0 Å². The van der Waals surface area contributed by atoms with Gasteiger partial charge in [0.2, 0.25) is 6.79 Å². The number of nitrogens with zero attached hydrogens (tertiary/aromatic N) is 2. The van der Waals surface area contributed by atoms with Gasteiger partial charge in [-0.2, -0.15) is 0 Å². The second kappa shape index (κ2) is 9.24. The third-order valence-corrected chi connectivity index (χ3v) is 6.64. The molecular formula is C23H34N2O4. The molecular weight excluding hydrogens is 368 g/mol. The highest BCUT2D eigenvalue weighted by Gasteiger charge is 2.30.